The Hall–Kier alpha value is -2.90. The molecule has 158 valence electrons. The minimum atomic E-state index is -4.56. The fourth-order valence-electron chi connectivity index (χ4n) is 4.58. The molecule has 2 heterocycles. The zero-order valence-electron chi connectivity index (χ0n) is 16.0. The van der Waals surface area contributed by atoms with Crippen molar-refractivity contribution in [2.45, 2.75) is 31.5 Å². The molecule has 4 rings (SSSR count). The fraction of sp³-hybridized carbons (Fsp3) is 0.364. The highest BCUT2D eigenvalue weighted by atomic mass is 19.4. The zero-order chi connectivity index (χ0) is 21.5. The Kier molecular flexibility index (Phi) is 5.03. The topological polar surface area (TPSA) is 40.6 Å². The van der Waals surface area contributed by atoms with Crippen LogP contribution in [-0.4, -0.2) is 36.0 Å². The van der Waals surface area contributed by atoms with Crippen LogP contribution in [0.25, 0.3) is 0 Å². The summed E-state index contributed by atoms with van der Waals surface area (Å²) in [6.45, 7) is 0.169. The van der Waals surface area contributed by atoms with Gasteiger partial charge in [0.1, 0.15) is 12.2 Å². The molecule has 0 bridgehead atoms. The van der Waals surface area contributed by atoms with Gasteiger partial charge < -0.3 is 9.80 Å². The van der Waals surface area contributed by atoms with Crippen molar-refractivity contribution in [3.8, 4) is 0 Å². The number of carbonyl (C=O) groups excluding carboxylic acids is 2. The van der Waals surface area contributed by atoms with E-state index in [-0.39, 0.29) is 37.9 Å². The van der Waals surface area contributed by atoms with Crippen LogP contribution < -0.4 is 4.90 Å². The second-order valence-corrected chi connectivity index (χ2v) is 7.80. The zero-order valence-corrected chi connectivity index (χ0v) is 16.0. The lowest BCUT2D eigenvalue weighted by molar-refractivity contribution is -0.165. The van der Waals surface area contributed by atoms with E-state index in [1.54, 1.807) is 11.0 Å². The number of rotatable bonds is 3. The molecule has 0 aliphatic carbocycles. The van der Waals surface area contributed by atoms with Gasteiger partial charge in [0.15, 0.2) is 0 Å². The minimum absolute atomic E-state index is 0.0843. The molecule has 0 radical (unpaired) electrons. The summed E-state index contributed by atoms with van der Waals surface area (Å²) >= 11 is 0. The maximum Gasteiger partial charge on any atom is 0.397 e. The van der Waals surface area contributed by atoms with E-state index in [0.717, 1.165) is 5.56 Å². The molecule has 30 heavy (non-hydrogen) atoms. The van der Waals surface area contributed by atoms with Crippen LogP contribution in [0.2, 0.25) is 0 Å². The summed E-state index contributed by atoms with van der Waals surface area (Å²) < 4.78 is 51.5. The Morgan fingerprint density at radius 2 is 1.70 bits per heavy atom. The van der Waals surface area contributed by atoms with E-state index in [1.807, 2.05) is 30.3 Å². The van der Waals surface area contributed by atoms with Crippen molar-refractivity contribution in [3.63, 3.8) is 0 Å². The molecule has 2 fully saturated rings. The third-order valence-corrected chi connectivity index (χ3v) is 5.99. The van der Waals surface area contributed by atoms with Crippen LogP contribution in [0.15, 0.2) is 54.6 Å². The Morgan fingerprint density at radius 3 is 2.30 bits per heavy atom. The number of piperidine rings is 1. The average Bonchev–Trinajstić information content (AvgIpc) is 2.71. The summed E-state index contributed by atoms with van der Waals surface area (Å²) in [5, 5.41) is 0. The standard InChI is InChI=1S/C22H20F4N2O2/c23-16-7-4-8-17(13-16)28-19(15-5-2-1-3-6-15)21(20(28)30)9-11-27(12-10-21)18(29)14-22(24,25)26/h1-8,13,19H,9-12,14H2. The second-order valence-electron chi connectivity index (χ2n) is 7.80. The quantitative estimate of drug-likeness (QED) is 0.543. The first-order valence-electron chi connectivity index (χ1n) is 9.70. The highest BCUT2D eigenvalue weighted by molar-refractivity contribution is 6.06. The molecule has 2 aromatic carbocycles. The molecule has 0 saturated carbocycles. The van der Waals surface area contributed by atoms with Gasteiger partial charge in [0, 0.05) is 18.8 Å². The van der Waals surface area contributed by atoms with Crippen LogP contribution in [0.3, 0.4) is 0 Å². The van der Waals surface area contributed by atoms with Crippen LogP contribution >= 0.6 is 0 Å². The summed E-state index contributed by atoms with van der Waals surface area (Å²) in [4.78, 5) is 27.9. The van der Waals surface area contributed by atoms with Crippen molar-refractivity contribution in [1.29, 1.82) is 0 Å². The number of anilines is 1. The van der Waals surface area contributed by atoms with Crippen LogP contribution in [0.1, 0.15) is 30.9 Å². The number of β-lactam (4-membered cyclic amide) rings is 1. The maximum atomic E-state index is 13.8. The molecule has 2 aromatic rings. The second kappa shape index (κ2) is 7.41. The van der Waals surface area contributed by atoms with Crippen molar-refractivity contribution in [2.24, 2.45) is 5.41 Å². The molecule has 1 atom stereocenters. The largest absolute Gasteiger partial charge is 0.397 e. The van der Waals surface area contributed by atoms with Crippen LogP contribution in [0, 0.1) is 11.2 Å². The van der Waals surface area contributed by atoms with Crippen molar-refractivity contribution in [1.82, 2.24) is 4.90 Å². The Bertz CT molecular complexity index is 953. The van der Waals surface area contributed by atoms with Gasteiger partial charge in [-0.3, -0.25) is 9.59 Å². The van der Waals surface area contributed by atoms with E-state index in [2.05, 4.69) is 0 Å². The van der Waals surface area contributed by atoms with E-state index in [0.29, 0.717) is 5.69 Å². The first kappa shape index (κ1) is 20.4. The Labute approximate surface area is 171 Å². The highest BCUT2D eigenvalue weighted by Gasteiger charge is 2.62. The van der Waals surface area contributed by atoms with E-state index >= 15 is 0 Å². The van der Waals surface area contributed by atoms with Gasteiger partial charge in [-0.25, -0.2) is 4.39 Å². The lowest BCUT2D eigenvalue weighted by Gasteiger charge is -2.59. The number of carbonyl (C=O) groups is 2. The van der Waals surface area contributed by atoms with Crippen molar-refractivity contribution in [3.05, 3.63) is 66.0 Å². The minimum Gasteiger partial charge on any atom is -0.342 e. The van der Waals surface area contributed by atoms with Gasteiger partial charge in [0.2, 0.25) is 11.8 Å². The van der Waals surface area contributed by atoms with Crippen molar-refractivity contribution >= 4 is 17.5 Å². The van der Waals surface area contributed by atoms with Gasteiger partial charge in [-0.1, -0.05) is 36.4 Å². The Balaban J connectivity index is 1.60. The van der Waals surface area contributed by atoms with E-state index in [4.69, 9.17) is 0 Å². The summed E-state index contributed by atoms with van der Waals surface area (Å²) in [5.74, 6) is -1.62. The SMILES string of the molecule is O=C(CC(F)(F)F)N1CCC2(CC1)C(=O)N(c1cccc(F)c1)C2c1ccccc1. The number of hydrogen-bond acceptors (Lipinski definition) is 2. The third kappa shape index (κ3) is 3.55. The monoisotopic (exact) mass is 420 g/mol. The number of hydrogen-bond donors (Lipinski definition) is 0. The smallest absolute Gasteiger partial charge is 0.342 e. The number of benzene rings is 2. The molecule has 0 aromatic heterocycles. The molecule has 0 N–H and O–H groups in total. The predicted molar refractivity (Wildman–Crippen MR) is 102 cm³/mol. The molecular weight excluding hydrogens is 400 g/mol. The maximum absolute atomic E-state index is 13.8. The van der Waals surface area contributed by atoms with Gasteiger partial charge in [-0.05, 0) is 36.6 Å². The molecule has 2 aliphatic heterocycles. The molecule has 1 unspecified atom stereocenters. The number of nitrogens with zero attached hydrogens (tertiary/aromatic N) is 2. The number of likely N-dealkylation sites (tertiary alicyclic amines) is 1. The summed E-state index contributed by atoms with van der Waals surface area (Å²) in [7, 11) is 0. The molecule has 2 saturated heterocycles. The molecular formula is C22H20F4N2O2. The lowest BCUT2D eigenvalue weighted by Crippen LogP contribution is -2.67. The van der Waals surface area contributed by atoms with E-state index < -0.39 is 29.7 Å². The van der Waals surface area contributed by atoms with Crippen molar-refractivity contribution in [2.75, 3.05) is 18.0 Å². The lowest BCUT2D eigenvalue weighted by atomic mass is 9.62. The third-order valence-electron chi connectivity index (χ3n) is 5.99. The molecule has 4 nitrogen and oxygen atoms in total. The summed E-state index contributed by atoms with van der Waals surface area (Å²) in [6.07, 6.45) is -5.52. The van der Waals surface area contributed by atoms with E-state index in [1.165, 1.54) is 23.1 Å². The van der Waals surface area contributed by atoms with Crippen LogP contribution in [0.5, 0.6) is 0 Å². The summed E-state index contributed by atoms with van der Waals surface area (Å²) in [5.41, 5.74) is 0.495. The molecule has 2 aliphatic rings. The number of alkyl halides is 3. The Morgan fingerprint density at radius 1 is 1.03 bits per heavy atom. The molecule has 1 spiro atoms. The first-order valence-corrected chi connectivity index (χ1v) is 9.70. The first-order chi connectivity index (χ1) is 14.2. The van der Waals surface area contributed by atoms with Crippen molar-refractivity contribution < 1.29 is 27.2 Å². The van der Waals surface area contributed by atoms with Gasteiger partial charge in [0.25, 0.3) is 0 Å². The molecule has 2 amide bonds. The normalized spacial score (nSPS) is 20.9. The van der Waals surface area contributed by atoms with Crippen LogP contribution in [0.4, 0.5) is 23.2 Å². The van der Waals surface area contributed by atoms with Gasteiger partial charge in [-0.2, -0.15) is 13.2 Å². The summed E-state index contributed by atoms with van der Waals surface area (Å²) in [6, 6.07) is 14.7. The molecule has 8 heteroatoms. The average molecular weight is 420 g/mol. The number of halogens is 4. The van der Waals surface area contributed by atoms with Crippen LogP contribution in [-0.2, 0) is 9.59 Å². The van der Waals surface area contributed by atoms with Gasteiger partial charge >= 0.3 is 6.18 Å². The predicted octanol–water partition coefficient (Wildman–Crippen LogP) is 4.47. The van der Waals surface area contributed by atoms with Gasteiger partial charge in [-0.15, -0.1) is 0 Å². The van der Waals surface area contributed by atoms with E-state index in [9.17, 15) is 27.2 Å². The number of amides is 2. The fourth-order valence-corrected chi connectivity index (χ4v) is 4.58. The highest BCUT2D eigenvalue weighted by Crippen LogP contribution is 2.57. The van der Waals surface area contributed by atoms with Gasteiger partial charge in [0.05, 0.1) is 11.5 Å².